The first-order valence-electron chi connectivity index (χ1n) is 25.5. The molecule has 0 aliphatic rings. The van der Waals surface area contributed by atoms with Gasteiger partial charge in [-0.2, -0.15) is 0 Å². The molecule has 0 aliphatic heterocycles. The van der Waals surface area contributed by atoms with Crippen LogP contribution in [0.5, 0.6) is 0 Å². The van der Waals surface area contributed by atoms with Crippen LogP contribution in [0.1, 0.15) is 0 Å². The second-order valence-corrected chi connectivity index (χ2v) is 21.8. The number of rotatable bonds is 4. The van der Waals surface area contributed by atoms with Crippen molar-refractivity contribution in [3.8, 4) is 45.3 Å². The molecule has 29 heteroatoms. The molecule has 7 aromatic carbocycles. The fraction of sp³-hybridized carbons (Fsp3) is 0. The van der Waals surface area contributed by atoms with E-state index in [2.05, 4.69) is 196 Å². The zero-order valence-corrected chi connectivity index (χ0v) is 47.2. The molecule has 0 unspecified atom stereocenters. The summed E-state index contributed by atoms with van der Waals surface area (Å²) in [6.45, 7) is 0. The van der Waals surface area contributed by atoms with E-state index in [1.54, 1.807) is 0 Å². The third-order valence-electron chi connectivity index (χ3n) is 19.3. The lowest BCUT2D eigenvalue weighted by molar-refractivity contribution is 0.675. The van der Waals surface area contributed by atoms with Gasteiger partial charge in [0.25, 0.3) is 0 Å². The SMILES string of the molecule is Bc1c(B)c(B)c(-c2nc(-c3c(B)c(B)c(B)c4c(-c5c(B)c(B)c(B)c6c(B)c(B)c(B)c(B)c56)c(B)c(B)c(B)c34)nc(-c3c(B)c(B)c(B)c4oc5c(B)c(B)c(B)c(B)c5c34)n2)c(B)c1B. The van der Waals surface area contributed by atoms with Crippen molar-refractivity contribution in [3.05, 3.63) is 0 Å². The minimum atomic E-state index is 0.679. The highest BCUT2D eigenvalue weighted by molar-refractivity contribution is 6.75. The van der Waals surface area contributed by atoms with E-state index in [1.807, 2.05) is 0 Å². The van der Waals surface area contributed by atoms with Gasteiger partial charge in [0.1, 0.15) is 207 Å². The Hall–Kier alpha value is -4.51. The normalized spacial score (nSPS) is 11.7. The number of fused-ring (bicyclic) bond motifs is 5. The highest BCUT2D eigenvalue weighted by Crippen LogP contribution is 2.34. The molecule has 0 aliphatic carbocycles. The van der Waals surface area contributed by atoms with Crippen LogP contribution in [0.3, 0.4) is 0 Å². The van der Waals surface area contributed by atoms with Gasteiger partial charge in [-0.15, -0.1) is 43.7 Å². The Morgan fingerprint density at radius 2 is 0.386 bits per heavy atom. The summed E-state index contributed by atoms with van der Waals surface area (Å²) in [7, 11) is 57.1. The van der Waals surface area contributed by atoms with Gasteiger partial charge >= 0.3 is 0 Å². The average Bonchev–Trinajstić information content (AvgIpc) is 3.73. The predicted molar refractivity (Wildman–Crippen MR) is 388 cm³/mol. The zero-order valence-electron chi connectivity index (χ0n) is 47.2. The van der Waals surface area contributed by atoms with Crippen LogP contribution < -0.4 is 137 Å². The predicted octanol–water partition coefficient (Wildman–Crippen LogP) is -32.8. The van der Waals surface area contributed by atoms with Crippen molar-refractivity contribution < 1.29 is 4.42 Å². The summed E-state index contributed by atoms with van der Waals surface area (Å²) >= 11 is 0. The molecule has 0 spiro atoms. The topological polar surface area (TPSA) is 51.8 Å². The lowest BCUT2D eigenvalue weighted by Gasteiger charge is -2.30. The van der Waals surface area contributed by atoms with Gasteiger partial charge in [0.2, 0.25) is 0 Å². The molecule has 310 valence electrons. The van der Waals surface area contributed by atoms with Crippen molar-refractivity contribution in [2.24, 2.45) is 0 Å². The van der Waals surface area contributed by atoms with Crippen LogP contribution in [0.25, 0.3) is 88.8 Å². The number of furan rings is 1. The molecule has 2 aromatic heterocycles. The highest BCUT2D eigenvalue weighted by atomic mass is 16.3. The Morgan fingerprint density at radius 3 is 0.800 bits per heavy atom. The first kappa shape index (κ1) is 50.4. The zero-order chi connectivity index (χ0) is 51.5. The third kappa shape index (κ3) is 6.76. The summed E-state index contributed by atoms with van der Waals surface area (Å²) in [6.07, 6.45) is 0. The van der Waals surface area contributed by atoms with Gasteiger partial charge < -0.3 is 4.42 Å². The van der Waals surface area contributed by atoms with E-state index in [1.165, 1.54) is 158 Å². The van der Waals surface area contributed by atoms with Gasteiger partial charge in [-0.05, 0) is 32.7 Å². The fourth-order valence-electron chi connectivity index (χ4n) is 12.7. The maximum atomic E-state index is 7.06. The molecule has 4 nitrogen and oxygen atoms in total. The minimum absolute atomic E-state index is 0.679. The highest BCUT2D eigenvalue weighted by Gasteiger charge is 2.30. The van der Waals surface area contributed by atoms with Crippen LogP contribution in [0.4, 0.5) is 0 Å². The van der Waals surface area contributed by atoms with Crippen molar-refractivity contribution in [2.75, 3.05) is 0 Å². The Bertz CT molecular complexity index is 3930. The van der Waals surface area contributed by atoms with Crippen molar-refractivity contribution in [1.82, 2.24) is 15.0 Å². The van der Waals surface area contributed by atoms with Gasteiger partial charge in [-0.3, -0.25) is 0 Å². The van der Waals surface area contributed by atoms with E-state index in [4.69, 9.17) is 19.4 Å². The Kier molecular flexibility index (Phi) is 12.5. The first-order chi connectivity index (χ1) is 32.7. The van der Waals surface area contributed by atoms with E-state index < -0.39 is 0 Å². The largest absolute Gasteiger partial charge is 0.457 e. The van der Waals surface area contributed by atoms with Crippen molar-refractivity contribution in [3.63, 3.8) is 0 Å². The monoisotopic (exact) mass is 876 g/mol. The summed E-state index contributed by atoms with van der Waals surface area (Å²) in [5.74, 6) is 2.09. The van der Waals surface area contributed by atoms with Gasteiger partial charge in [-0.1, -0.05) is 92.9 Å². The maximum Gasteiger partial charge on any atom is 0.164 e. The van der Waals surface area contributed by atoms with Gasteiger partial charge in [0.05, 0.1) is 0 Å². The molecule has 0 amide bonds. The number of aromatic nitrogens is 3. The van der Waals surface area contributed by atoms with Gasteiger partial charge in [0.15, 0.2) is 17.5 Å². The van der Waals surface area contributed by atoms with E-state index in [0.29, 0.717) is 17.5 Å². The lowest BCUT2D eigenvalue weighted by atomic mass is 9.56. The number of hydrogen-bond acceptors (Lipinski definition) is 4. The van der Waals surface area contributed by atoms with Crippen LogP contribution in [-0.4, -0.2) is 211 Å². The molecule has 0 saturated heterocycles. The molecule has 0 atom stereocenters. The lowest BCUT2D eigenvalue weighted by Crippen LogP contribution is -2.55. The Labute approximate surface area is 438 Å². The van der Waals surface area contributed by atoms with Crippen LogP contribution in [0.15, 0.2) is 4.42 Å². The summed E-state index contributed by atoms with van der Waals surface area (Å²) < 4.78 is 7.06. The second-order valence-electron chi connectivity index (χ2n) is 21.8. The van der Waals surface area contributed by atoms with Crippen molar-refractivity contribution >= 4 is 376 Å². The molecule has 0 radical (unpaired) electrons. The molecule has 0 fully saturated rings. The molecule has 9 aromatic rings. The van der Waals surface area contributed by atoms with Gasteiger partial charge in [-0.25, -0.2) is 15.0 Å². The maximum absolute atomic E-state index is 7.06. The van der Waals surface area contributed by atoms with E-state index in [-0.39, 0.29) is 0 Å². The van der Waals surface area contributed by atoms with E-state index in [0.717, 1.165) is 49.6 Å². The standard InChI is InChI=1S/C41H50B25N3O/c42-12-1(2-4-7(17(47)25(55)13(2)43)18(48)28(58)27(57)15(4)45)3-5(16(46)24(12)54)9(20(50)26(56)14(3)44)39-67-40(69-41(68-39)11-22(52)30(60)33(63)31(61)23(11)53)10-6-8-19(49)29(59)34(64)36(66)38(8)70-37(6)35(65)32(62)21(10)51/h42-66H2. The van der Waals surface area contributed by atoms with E-state index >= 15 is 0 Å². The van der Waals surface area contributed by atoms with Crippen LogP contribution in [0.2, 0.25) is 0 Å². The van der Waals surface area contributed by atoms with Crippen LogP contribution >= 0.6 is 0 Å². The molecule has 0 N–H and O–H groups in total. The summed E-state index contributed by atoms with van der Waals surface area (Å²) in [4.78, 5) is 17.3. The van der Waals surface area contributed by atoms with E-state index in [9.17, 15) is 0 Å². The minimum Gasteiger partial charge on any atom is -0.457 e. The Morgan fingerprint density at radius 1 is 0.171 bits per heavy atom. The fourth-order valence-corrected chi connectivity index (χ4v) is 12.7. The molecule has 0 bridgehead atoms. The molecular formula is C41H50B25N3O. The summed E-state index contributed by atoms with van der Waals surface area (Å²) in [5.41, 5.74) is 39.8. The number of benzene rings is 7. The quantitative estimate of drug-likeness (QED) is 0.165. The first-order valence-corrected chi connectivity index (χ1v) is 25.5. The molecule has 0 saturated carbocycles. The molecular weight excluding hydrogens is 821 g/mol. The van der Waals surface area contributed by atoms with Crippen molar-refractivity contribution in [2.45, 2.75) is 0 Å². The molecule has 70 heavy (non-hydrogen) atoms. The summed E-state index contributed by atoms with van der Waals surface area (Å²) in [6, 6.07) is 0. The molecule has 2 heterocycles. The smallest absolute Gasteiger partial charge is 0.164 e. The summed E-state index contributed by atoms with van der Waals surface area (Å²) in [5, 5.41) is 7.54. The second kappa shape index (κ2) is 17.3. The van der Waals surface area contributed by atoms with Crippen LogP contribution in [0, 0.1) is 0 Å². The van der Waals surface area contributed by atoms with Crippen LogP contribution in [-0.2, 0) is 0 Å². The number of hydrogen-bond donors (Lipinski definition) is 0. The average molecular weight is 871 g/mol. The third-order valence-corrected chi connectivity index (χ3v) is 19.3. The number of nitrogens with zero attached hydrogens (tertiary/aromatic N) is 3. The Balaban J connectivity index is 1.54. The molecule has 9 rings (SSSR count). The van der Waals surface area contributed by atoms with Crippen molar-refractivity contribution in [1.29, 1.82) is 0 Å². The van der Waals surface area contributed by atoms with Gasteiger partial charge in [0, 0.05) is 27.5 Å².